The fourth-order valence-electron chi connectivity index (χ4n) is 1.99. The average Bonchev–Trinajstić information content (AvgIpc) is 3.11. The number of carbonyl (C=O) groups excluding carboxylic acids is 1. The van der Waals surface area contributed by atoms with Crippen LogP contribution in [0.3, 0.4) is 0 Å². The largest absolute Gasteiger partial charge is 0.485 e. The van der Waals surface area contributed by atoms with E-state index in [0.717, 1.165) is 0 Å². The van der Waals surface area contributed by atoms with E-state index >= 15 is 0 Å². The minimum atomic E-state index is -0.726. The van der Waals surface area contributed by atoms with Crippen LogP contribution in [0.25, 0.3) is 6.08 Å². The lowest BCUT2D eigenvalue weighted by Gasteiger charge is -2.24. The van der Waals surface area contributed by atoms with Gasteiger partial charge in [0.15, 0.2) is 11.5 Å². The monoisotopic (exact) mass is 312 g/mol. The van der Waals surface area contributed by atoms with Gasteiger partial charge < -0.3 is 13.9 Å². The molecular formula is C17H16N2O4. The van der Waals surface area contributed by atoms with Gasteiger partial charge in [0.2, 0.25) is 6.10 Å². The third-order valence-electron chi connectivity index (χ3n) is 3.18. The molecule has 0 saturated heterocycles. The van der Waals surface area contributed by atoms with Crippen LogP contribution in [0.5, 0.6) is 11.5 Å². The van der Waals surface area contributed by atoms with E-state index < -0.39 is 6.10 Å². The van der Waals surface area contributed by atoms with E-state index in [2.05, 4.69) is 10.5 Å². The number of hydrogen-bond donors (Lipinski definition) is 1. The Hall–Kier alpha value is -3.02. The number of hydrogen-bond acceptors (Lipinski definition) is 5. The molecule has 0 fully saturated rings. The van der Waals surface area contributed by atoms with Gasteiger partial charge in [-0.05, 0) is 43.3 Å². The molecule has 1 aromatic heterocycles. The number of benzene rings is 1. The van der Waals surface area contributed by atoms with Crippen molar-refractivity contribution in [1.29, 1.82) is 0 Å². The lowest BCUT2D eigenvalue weighted by Crippen LogP contribution is -2.42. The lowest BCUT2D eigenvalue weighted by molar-refractivity contribution is -0.130. The van der Waals surface area contributed by atoms with Gasteiger partial charge in [0.25, 0.3) is 5.91 Å². The Labute approximate surface area is 133 Å². The van der Waals surface area contributed by atoms with Crippen LogP contribution in [-0.4, -0.2) is 24.3 Å². The molecule has 3 rings (SSSR count). The molecule has 2 aromatic rings. The van der Waals surface area contributed by atoms with Gasteiger partial charge in [-0.3, -0.25) is 4.79 Å². The summed E-state index contributed by atoms with van der Waals surface area (Å²) in [6.45, 7) is 1.92. The van der Waals surface area contributed by atoms with Gasteiger partial charge in [0, 0.05) is 0 Å². The topological polar surface area (TPSA) is 73.1 Å². The van der Waals surface area contributed by atoms with Crippen molar-refractivity contribution >= 4 is 17.7 Å². The zero-order valence-corrected chi connectivity index (χ0v) is 12.6. The molecule has 1 amide bonds. The van der Waals surface area contributed by atoms with Crippen molar-refractivity contribution in [2.75, 3.05) is 6.61 Å². The van der Waals surface area contributed by atoms with Crippen molar-refractivity contribution in [3.8, 4) is 11.5 Å². The second-order valence-electron chi connectivity index (χ2n) is 4.94. The molecule has 0 spiro atoms. The third-order valence-corrected chi connectivity index (χ3v) is 3.18. The SMILES string of the molecule is CC(/C=C/c1ccco1)=NNC(=O)C1COc2ccccc2O1. The fourth-order valence-corrected chi connectivity index (χ4v) is 1.99. The van der Waals surface area contributed by atoms with Crippen molar-refractivity contribution in [3.05, 3.63) is 54.5 Å². The number of carbonyl (C=O) groups is 1. The van der Waals surface area contributed by atoms with Crippen LogP contribution in [0.2, 0.25) is 0 Å². The summed E-state index contributed by atoms with van der Waals surface area (Å²) < 4.78 is 16.3. The summed E-state index contributed by atoms with van der Waals surface area (Å²) in [5.74, 6) is 1.55. The zero-order chi connectivity index (χ0) is 16.1. The summed E-state index contributed by atoms with van der Waals surface area (Å²) >= 11 is 0. The highest BCUT2D eigenvalue weighted by molar-refractivity contribution is 5.97. The van der Waals surface area contributed by atoms with Crippen molar-refractivity contribution in [2.45, 2.75) is 13.0 Å². The van der Waals surface area contributed by atoms with Gasteiger partial charge in [-0.1, -0.05) is 12.1 Å². The molecule has 6 heteroatoms. The van der Waals surface area contributed by atoms with Gasteiger partial charge in [-0.2, -0.15) is 5.10 Å². The molecule has 0 bridgehead atoms. The van der Waals surface area contributed by atoms with E-state index in [1.165, 1.54) is 0 Å². The Balaban J connectivity index is 1.56. The smallest absolute Gasteiger partial charge is 0.284 e. The molecular weight excluding hydrogens is 296 g/mol. The first-order valence-electron chi connectivity index (χ1n) is 7.16. The van der Waals surface area contributed by atoms with Crippen molar-refractivity contribution in [1.82, 2.24) is 5.43 Å². The first kappa shape index (κ1) is 14.9. The Morgan fingerprint density at radius 1 is 1.26 bits per heavy atom. The summed E-state index contributed by atoms with van der Waals surface area (Å²) in [5, 5.41) is 4.01. The molecule has 1 N–H and O–H groups in total. The average molecular weight is 312 g/mol. The van der Waals surface area contributed by atoms with Crippen LogP contribution >= 0.6 is 0 Å². The maximum atomic E-state index is 12.1. The van der Waals surface area contributed by atoms with Crippen LogP contribution in [0.1, 0.15) is 12.7 Å². The minimum Gasteiger partial charge on any atom is -0.485 e. The van der Waals surface area contributed by atoms with Crippen molar-refractivity contribution < 1.29 is 18.7 Å². The van der Waals surface area contributed by atoms with Crippen molar-refractivity contribution in [3.63, 3.8) is 0 Å². The van der Waals surface area contributed by atoms with E-state index in [-0.39, 0.29) is 12.5 Å². The minimum absolute atomic E-state index is 0.152. The number of furan rings is 1. The van der Waals surface area contributed by atoms with Crippen LogP contribution in [-0.2, 0) is 4.79 Å². The van der Waals surface area contributed by atoms with E-state index in [0.29, 0.717) is 23.0 Å². The van der Waals surface area contributed by atoms with Crippen LogP contribution in [0.15, 0.2) is 58.3 Å². The van der Waals surface area contributed by atoms with Crippen LogP contribution in [0, 0.1) is 0 Å². The zero-order valence-electron chi connectivity index (χ0n) is 12.6. The molecule has 6 nitrogen and oxygen atoms in total. The summed E-state index contributed by atoms with van der Waals surface area (Å²) in [7, 11) is 0. The Bertz CT molecular complexity index is 735. The molecule has 1 atom stereocenters. The third kappa shape index (κ3) is 3.79. The number of hydrazone groups is 1. The number of rotatable bonds is 4. The molecule has 1 aromatic carbocycles. The molecule has 0 aliphatic carbocycles. The van der Waals surface area contributed by atoms with E-state index in [4.69, 9.17) is 13.9 Å². The molecule has 0 saturated carbocycles. The Kier molecular flexibility index (Phi) is 4.42. The van der Waals surface area contributed by atoms with Gasteiger partial charge >= 0.3 is 0 Å². The molecule has 0 radical (unpaired) electrons. The van der Waals surface area contributed by atoms with Gasteiger partial charge in [0.05, 0.1) is 12.0 Å². The molecule has 1 aliphatic rings. The second-order valence-corrected chi connectivity index (χ2v) is 4.94. The normalized spacial score (nSPS) is 17.3. The number of fused-ring (bicyclic) bond motifs is 1. The van der Waals surface area contributed by atoms with Gasteiger partial charge in [0.1, 0.15) is 12.4 Å². The number of para-hydroxylation sites is 2. The molecule has 1 unspecified atom stereocenters. The lowest BCUT2D eigenvalue weighted by atomic mass is 10.2. The fraction of sp³-hybridized carbons (Fsp3) is 0.176. The summed E-state index contributed by atoms with van der Waals surface area (Å²) in [5.41, 5.74) is 3.11. The predicted molar refractivity (Wildman–Crippen MR) is 85.3 cm³/mol. The molecule has 118 valence electrons. The summed E-state index contributed by atoms with van der Waals surface area (Å²) in [4.78, 5) is 12.1. The highest BCUT2D eigenvalue weighted by Gasteiger charge is 2.26. The maximum Gasteiger partial charge on any atom is 0.284 e. The number of ether oxygens (including phenoxy) is 2. The number of nitrogens with zero attached hydrogens (tertiary/aromatic N) is 1. The van der Waals surface area contributed by atoms with Crippen LogP contribution < -0.4 is 14.9 Å². The van der Waals surface area contributed by atoms with Crippen molar-refractivity contribution in [2.24, 2.45) is 5.10 Å². The second kappa shape index (κ2) is 6.83. The van der Waals surface area contributed by atoms with Gasteiger partial charge in [-0.25, -0.2) is 5.43 Å². The summed E-state index contributed by atoms with van der Waals surface area (Å²) in [6, 6.07) is 10.9. The number of allylic oxidation sites excluding steroid dienone is 1. The highest BCUT2D eigenvalue weighted by atomic mass is 16.6. The van der Waals surface area contributed by atoms with Gasteiger partial charge in [-0.15, -0.1) is 0 Å². The number of amides is 1. The Morgan fingerprint density at radius 2 is 2.09 bits per heavy atom. The summed E-state index contributed by atoms with van der Waals surface area (Å²) in [6.07, 6.45) is 4.37. The first-order valence-corrected chi connectivity index (χ1v) is 7.16. The Morgan fingerprint density at radius 3 is 2.87 bits per heavy atom. The first-order chi connectivity index (χ1) is 11.2. The quantitative estimate of drug-likeness (QED) is 0.696. The molecule has 1 aliphatic heterocycles. The van der Waals surface area contributed by atoms with E-state index in [9.17, 15) is 4.79 Å². The van der Waals surface area contributed by atoms with E-state index in [1.807, 2.05) is 18.2 Å². The maximum absolute atomic E-state index is 12.1. The highest BCUT2D eigenvalue weighted by Crippen LogP contribution is 2.30. The van der Waals surface area contributed by atoms with Crippen LogP contribution in [0.4, 0.5) is 0 Å². The predicted octanol–water partition coefficient (Wildman–Crippen LogP) is 2.62. The molecule has 2 heterocycles. The number of nitrogens with one attached hydrogen (secondary N) is 1. The standard InChI is InChI=1S/C17H16N2O4/c1-12(8-9-13-5-4-10-21-13)18-19-17(20)16-11-22-14-6-2-3-7-15(14)23-16/h2-10,16H,11H2,1H3,(H,19,20)/b9-8+,18-12?. The molecule has 23 heavy (non-hydrogen) atoms. The van der Waals surface area contributed by atoms with E-state index in [1.54, 1.807) is 43.5 Å².